The van der Waals surface area contributed by atoms with Gasteiger partial charge in [-0.15, -0.1) is 0 Å². The third-order valence-electron chi connectivity index (χ3n) is 5.42. The van der Waals surface area contributed by atoms with Gasteiger partial charge in [-0.2, -0.15) is 0 Å². The van der Waals surface area contributed by atoms with Gasteiger partial charge in [0, 0.05) is 18.2 Å². The molecule has 0 aliphatic rings. The molecule has 1 heterocycles. The molecule has 6 nitrogen and oxygen atoms in total. The molecule has 0 atom stereocenters. The second kappa shape index (κ2) is 10.1. The Morgan fingerprint density at radius 2 is 1.81 bits per heavy atom. The zero-order chi connectivity index (χ0) is 22.4. The van der Waals surface area contributed by atoms with E-state index < -0.39 is 5.97 Å². The quantitative estimate of drug-likeness (QED) is 0.503. The number of hydrogen-bond donors (Lipinski definition) is 2. The number of carboxylic acid groups (broad SMARTS) is 1. The van der Waals surface area contributed by atoms with Crippen molar-refractivity contribution in [3.63, 3.8) is 0 Å². The largest absolute Gasteiger partial charge is 0.496 e. The maximum Gasteiger partial charge on any atom is 0.335 e. The smallest absolute Gasteiger partial charge is 0.335 e. The summed E-state index contributed by atoms with van der Waals surface area (Å²) in [5, 5.41) is 12.8. The van der Waals surface area contributed by atoms with Crippen LogP contribution < -0.4 is 10.1 Å². The van der Waals surface area contributed by atoms with Crippen LogP contribution in [0, 0.1) is 13.8 Å². The van der Waals surface area contributed by atoms with E-state index in [1.165, 1.54) is 17.5 Å². The minimum absolute atomic E-state index is 0.348. The van der Waals surface area contributed by atoms with Gasteiger partial charge in [-0.05, 0) is 67.1 Å². The molecule has 2 N–H and O–H groups in total. The van der Waals surface area contributed by atoms with Gasteiger partial charge in [0.1, 0.15) is 17.9 Å². The van der Waals surface area contributed by atoms with Crippen LogP contribution in [0.15, 0.2) is 42.7 Å². The van der Waals surface area contributed by atoms with Crippen LogP contribution in [0.3, 0.4) is 0 Å². The van der Waals surface area contributed by atoms with Crippen molar-refractivity contribution in [1.82, 2.24) is 9.97 Å². The first-order chi connectivity index (χ1) is 14.9. The standard InChI is InChI=1S/C25H29N3O3/c1-5-6-18-13-19(7-8-21(18)25(29)30)22-14-24(28-15-27-22)26-10-9-20-11-16(2)17(3)12-23(20)31-4/h7-8,11-15H,5-6,9-10H2,1-4H3,(H,29,30)(H,26,27,28). The molecule has 0 spiro atoms. The fraction of sp³-hybridized carbons (Fsp3) is 0.320. The highest BCUT2D eigenvalue weighted by Crippen LogP contribution is 2.25. The van der Waals surface area contributed by atoms with Gasteiger partial charge in [0.05, 0.1) is 18.4 Å². The first-order valence-electron chi connectivity index (χ1n) is 10.5. The van der Waals surface area contributed by atoms with Crippen LogP contribution in [-0.4, -0.2) is 34.7 Å². The van der Waals surface area contributed by atoms with Gasteiger partial charge in [-0.1, -0.05) is 25.5 Å². The van der Waals surface area contributed by atoms with Gasteiger partial charge in [-0.25, -0.2) is 14.8 Å². The van der Waals surface area contributed by atoms with E-state index in [4.69, 9.17) is 4.74 Å². The molecule has 0 fully saturated rings. The average molecular weight is 420 g/mol. The van der Waals surface area contributed by atoms with Crippen molar-refractivity contribution in [3.8, 4) is 17.0 Å². The summed E-state index contributed by atoms with van der Waals surface area (Å²) in [4.78, 5) is 20.2. The normalized spacial score (nSPS) is 10.7. The Kier molecular flexibility index (Phi) is 7.23. The third-order valence-corrected chi connectivity index (χ3v) is 5.42. The fourth-order valence-corrected chi connectivity index (χ4v) is 3.61. The van der Waals surface area contributed by atoms with Crippen molar-refractivity contribution in [3.05, 3.63) is 70.5 Å². The minimum atomic E-state index is -0.901. The number of anilines is 1. The second-order valence-corrected chi connectivity index (χ2v) is 7.64. The minimum Gasteiger partial charge on any atom is -0.496 e. The Morgan fingerprint density at radius 1 is 1.03 bits per heavy atom. The van der Waals surface area contributed by atoms with Crippen LogP contribution in [-0.2, 0) is 12.8 Å². The van der Waals surface area contributed by atoms with Gasteiger partial charge in [0.15, 0.2) is 0 Å². The van der Waals surface area contributed by atoms with Crippen LogP contribution >= 0.6 is 0 Å². The molecular weight excluding hydrogens is 390 g/mol. The predicted octanol–water partition coefficient (Wildman–Crippen LogP) is 5.07. The van der Waals surface area contributed by atoms with Crippen LogP contribution in [0.5, 0.6) is 5.75 Å². The summed E-state index contributed by atoms with van der Waals surface area (Å²) in [5.74, 6) is 0.726. The zero-order valence-electron chi connectivity index (χ0n) is 18.5. The van der Waals surface area contributed by atoms with E-state index in [1.54, 1.807) is 19.2 Å². The SMILES string of the molecule is CCCc1cc(-c2cc(NCCc3cc(C)c(C)cc3OC)ncn2)ccc1C(=O)O. The predicted molar refractivity (Wildman–Crippen MR) is 123 cm³/mol. The summed E-state index contributed by atoms with van der Waals surface area (Å²) in [5.41, 5.74) is 6.42. The van der Waals surface area contributed by atoms with Crippen LogP contribution in [0.1, 0.15) is 46.0 Å². The molecule has 0 radical (unpaired) electrons. The van der Waals surface area contributed by atoms with E-state index in [-0.39, 0.29) is 0 Å². The van der Waals surface area contributed by atoms with E-state index >= 15 is 0 Å². The summed E-state index contributed by atoms with van der Waals surface area (Å²) in [6.45, 7) is 6.92. The van der Waals surface area contributed by atoms with Crippen molar-refractivity contribution in [1.29, 1.82) is 0 Å². The number of ether oxygens (including phenoxy) is 1. The highest BCUT2D eigenvalue weighted by Gasteiger charge is 2.12. The van der Waals surface area contributed by atoms with E-state index in [9.17, 15) is 9.90 Å². The third kappa shape index (κ3) is 5.40. The van der Waals surface area contributed by atoms with Crippen molar-refractivity contribution < 1.29 is 14.6 Å². The van der Waals surface area contributed by atoms with Gasteiger partial charge in [0.25, 0.3) is 0 Å². The maximum absolute atomic E-state index is 11.5. The van der Waals surface area contributed by atoms with E-state index in [2.05, 4.69) is 41.3 Å². The lowest BCUT2D eigenvalue weighted by Gasteiger charge is -2.13. The molecule has 31 heavy (non-hydrogen) atoms. The molecule has 0 aliphatic heterocycles. The molecule has 3 rings (SSSR count). The van der Waals surface area contributed by atoms with Crippen molar-refractivity contribution in [2.45, 2.75) is 40.0 Å². The first kappa shape index (κ1) is 22.3. The van der Waals surface area contributed by atoms with Crippen LogP contribution in [0.2, 0.25) is 0 Å². The van der Waals surface area contributed by atoms with Gasteiger partial charge in [-0.3, -0.25) is 0 Å². The molecule has 162 valence electrons. The van der Waals surface area contributed by atoms with Crippen molar-refractivity contribution in [2.24, 2.45) is 0 Å². The van der Waals surface area contributed by atoms with E-state index in [0.717, 1.165) is 46.8 Å². The van der Waals surface area contributed by atoms with Crippen molar-refractivity contribution in [2.75, 3.05) is 19.0 Å². The number of hydrogen-bond acceptors (Lipinski definition) is 5. The van der Waals surface area contributed by atoms with Crippen LogP contribution in [0.4, 0.5) is 5.82 Å². The average Bonchev–Trinajstić information content (AvgIpc) is 2.76. The highest BCUT2D eigenvalue weighted by molar-refractivity contribution is 5.90. The van der Waals surface area contributed by atoms with E-state index in [1.807, 2.05) is 19.1 Å². The lowest BCUT2D eigenvalue weighted by atomic mass is 9.98. The lowest BCUT2D eigenvalue weighted by Crippen LogP contribution is -2.08. The molecule has 0 saturated carbocycles. The Balaban J connectivity index is 1.75. The molecular formula is C25H29N3O3. The summed E-state index contributed by atoms with van der Waals surface area (Å²) in [7, 11) is 1.69. The molecule has 3 aromatic rings. The second-order valence-electron chi connectivity index (χ2n) is 7.64. The van der Waals surface area contributed by atoms with E-state index in [0.29, 0.717) is 18.5 Å². The number of carbonyl (C=O) groups is 1. The van der Waals surface area contributed by atoms with Gasteiger partial charge >= 0.3 is 5.97 Å². The zero-order valence-corrected chi connectivity index (χ0v) is 18.5. The summed E-state index contributed by atoms with van der Waals surface area (Å²) >= 11 is 0. The van der Waals surface area contributed by atoms with Gasteiger partial charge < -0.3 is 15.2 Å². The number of nitrogens with zero attached hydrogens (tertiary/aromatic N) is 2. The number of benzene rings is 2. The monoisotopic (exact) mass is 419 g/mol. The van der Waals surface area contributed by atoms with Gasteiger partial charge in [0.2, 0.25) is 0 Å². The van der Waals surface area contributed by atoms with Crippen molar-refractivity contribution >= 4 is 11.8 Å². The molecule has 6 heteroatoms. The Labute approximate surface area is 183 Å². The summed E-state index contributed by atoms with van der Waals surface area (Å²) in [6.07, 6.45) is 3.92. The molecule has 0 amide bonds. The number of methoxy groups -OCH3 is 1. The number of carboxylic acids is 1. The Hall–Kier alpha value is -3.41. The highest BCUT2D eigenvalue weighted by atomic mass is 16.5. The molecule has 0 unspecified atom stereocenters. The first-order valence-corrected chi connectivity index (χ1v) is 10.5. The maximum atomic E-state index is 11.5. The Morgan fingerprint density at radius 3 is 2.52 bits per heavy atom. The summed E-state index contributed by atoms with van der Waals surface area (Å²) < 4.78 is 5.52. The topological polar surface area (TPSA) is 84.3 Å². The number of nitrogens with one attached hydrogen (secondary N) is 1. The molecule has 0 saturated heterocycles. The van der Waals surface area contributed by atoms with Crippen LogP contribution in [0.25, 0.3) is 11.3 Å². The fourth-order valence-electron chi connectivity index (χ4n) is 3.61. The molecule has 0 bridgehead atoms. The Bertz CT molecular complexity index is 1080. The number of aromatic nitrogens is 2. The number of rotatable bonds is 9. The number of aromatic carboxylic acids is 1. The molecule has 0 aliphatic carbocycles. The molecule has 2 aromatic carbocycles. The summed E-state index contributed by atoms with van der Waals surface area (Å²) in [6, 6.07) is 11.5. The number of aryl methyl sites for hydroxylation is 3. The lowest BCUT2D eigenvalue weighted by molar-refractivity contribution is 0.0695. The molecule has 1 aromatic heterocycles.